The normalized spacial score (nSPS) is 9.57. The lowest BCUT2D eigenvalue weighted by molar-refractivity contribution is 0.707. The average Bonchev–Trinajstić information content (AvgIpc) is 2.65. The van der Waals surface area contributed by atoms with Gasteiger partial charge in [-0.3, -0.25) is 0 Å². The number of nitrogens with zero attached hydrogens (tertiary/aromatic N) is 1. The Hall–Kier alpha value is -0.850. The van der Waals surface area contributed by atoms with E-state index in [4.69, 9.17) is 0 Å². The highest BCUT2D eigenvalue weighted by Gasteiger charge is 1.98. The van der Waals surface area contributed by atoms with Gasteiger partial charge in [0.1, 0.15) is 0 Å². The Morgan fingerprint density at radius 1 is 1.57 bits per heavy atom. The third-order valence-electron chi connectivity index (χ3n) is 1.81. The summed E-state index contributed by atoms with van der Waals surface area (Å²) < 4.78 is 0. The monoisotopic (exact) mass is 208 g/mol. The Morgan fingerprint density at radius 2 is 2.43 bits per heavy atom. The van der Waals surface area contributed by atoms with Crippen molar-refractivity contribution in [2.75, 3.05) is 6.54 Å². The second-order valence-electron chi connectivity index (χ2n) is 2.93. The van der Waals surface area contributed by atoms with Crippen molar-refractivity contribution < 1.29 is 0 Å². The molecule has 0 spiro atoms. The highest BCUT2D eigenvalue weighted by atomic mass is 32.1. The minimum absolute atomic E-state index is 0.920. The van der Waals surface area contributed by atoms with Gasteiger partial charge in [-0.15, -0.1) is 23.2 Å². The zero-order valence-electron chi connectivity index (χ0n) is 8.76. The lowest BCUT2D eigenvalue weighted by Crippen LogP contribution is -2.13. The Morgan fingerprint density at radius 3 is 3.07 bits per heavy atom. The van der Waals surface area contributed by atoms with Gasteiger partial charge in [-0.2, -0.15) is 0 Å². The molecule has 2 nitrogen and oxygen atoms in total. The minimum atomic E-state index is 0.920. The summed E-state index contributed by atoms with van der Waals surface area (Å²) in [6, 6.07) is 0. The predicted octanol–water partition coefficient (Wildman–Crippen LogP) is 2.21. The van der Waals surface area contributed by atoms with Crippen LogP contribution >= 0.6 is 11.3 Å². The molecule has 0 fully saturated rings. The summed E-state index contributed by atoms with van der Waals surface area (Å²) in [4.78, 5) is 5.61. The van der Waals surface area contributed by atoms with Crippen molar-refractivity contribution in [3.8, 4) is 11.8 Å². The van der Waals surface area contributed by atoms with Gasteiger partial charge in [-0.1, -0.05) is 6.92 Å². The number of thiazole rings is 1. The van der Waals surface area contributed by atoms with E-state index in [2.05, 4.69) is 29.1 Å². The number of aromatic nitrogens is 1. The molecule has 76 valence electrons. The number of rotatable bonds is 5. The summed E-state index contributed by atoms with van der Waals surface area (Å²) in [5.74, 6) is 5.91. The van der Waals surface area contributed by atoms with Gasteiger partial charge in [0.2, 0.25) is 0 Å². The second-order valence-corrected chi connectivity index (χ2v) is 4.13. The minimum Gasteiger partial charge on any atom is -0.311 e. The highest BCUT2D eigenvalue weighted by molar-refractivity contribution is 7.11. The van der Waals surface area contributed by atoms with E-state index in [0.717, 1.165) is 25.9 Å². The highest BCUT2D eigenvalue weighted by Crippen LogP contribution is 2.12. The van der Waals surface area contributed by atoms with Crippen molar-refractivity contribution in [1.82, 2.24) is 10.3 Å². The molecule has 3 heteroatoms. The van der Waals surface area contributed by atoms with Gasteiger partial charge in [0.15, 0.2) is 0 Å². The summed E-state index contributed by atoms with van der Waals surface area (Å²) in [5.41, 5.74) is 0. The number of aryl methyl sites for hydroxylation is 1. The first-order valence-corrected chi connectivity index (χ1v) is 5.72. The molecular formula is C11H16N2S. The molecule has 0 atom stereocenters. The summed E-state index contributed by atoms with van der Waals surface area (Å²) in [6.07, 6.45) is 3.92. The summed E-state index contributed by atoms with van der Waals surface area (Å²) in [7, 11) is 0. The first-order valence-electron chi connectivity index (χ1n) is 4.90. The third kappa shape index (κ3) is 3.91. The van der Waals surface area contributed by atoms with Crippen LogP contribution in [0.25, 0.3) is 0 Å². The quantitative estimate of drug-likeness (QED) is 0.593. The van der Waals surface area contributed by atoms with Crippen molar-refractivity contribution >= 4 is 11.3 Å². The van der Waals surface area contributed by atoms with Crippen LogP contribution < -0.4 is 5.32 Å². The predicted molar refractivity (Wildman–Crippen MR) is 61.3 cm³/mol. The van der Waals surface area contributed by atoms with Crippen LogP contribution in [-0.2, 0) is 13.0 Å². The van der Waals surface area contributed by atoms with Crippen molar-refractivity contribution in [3.63, 3.8) is 0 Å². The molecule has 0 bridgehead atoms. The van der Waals surface area contributed by atoms with Gasteiger partial charge in [-0.05, 0) is 13.3 Å². The fourth-order valence-corrected chi connectivity index (χ4v) is 1.91. The number of nitrogens with one attached hydrogen (secondary N) is 1. The molecule has 0 saturated carbocycles. The van der Waals surface area contributed by atoms with Crippen molar-refractivity contribution in [2.24, 2.45) is 0 Å². The Bertz CT molecular complexity index is 320. The molecule has 14 heavy (non-hydrogen) atoms. The van der Waals surface area contributed by atoms with Crippen molar-refractivity contribution in [2.45, 2.75) is 33.2 Å². The maximum Gasteiger partial charge on any atom is 0.0925 e. The van der Waals surface area contributed by atoms with E-state index in [0.29, 0.717) is 0 Å². The van der Waals surface area contributed by atoms with E-state index in [1.54, 1.807) is 11.3 Å². The van der Waals surface area contributed by atoms with Crippen molar-refractivity contribution in [1.29, 1.82) is 0 Å². The van der Waals surface area contributed by atoms with Crippen LogP contribution in [0.15, 0.2) is 6.20 Å². The zero-order valence-corrected chi connectivity index (χ0v) is 9.58. The van der Waals surface area contributed by atoms with Gasteiger partial charge in [0.05, 0.1) is 5.01 Å². The Labute approximate surface area is 89.8 Å². The molecule has 0 saturated heterocycles. The van der Waals surface area contributed by atoms with Gasteiger partial charge in [-0.25, -0.2) is 4.98 Å². The molecular weight excluding hydrogens is 192 g/mol. The van der Waals surface area contributed by atoms with Crippen LogP contribution in [0, 0.1) is 11.8 Å². The van der Waals surface area contributed by atoms with E-state index in [1.807, 2.05) is 13.1 Å². The first kappa shape index (κ1) is 11.2. The van der Waals surface area contributed by atoms with Gasteiger partial charge in [0, 0.05) is 30.6 Å². The standard InChI is InChI=1S/C11H16N2S/c1-3-5-6-7-12-8-10-9-13-11(4-2)14-10/h9,12H,4,6-8H2,1-2H3. The van der Waals surface area contributed by atoms with Crippen LogP contribution in [0.5, 0.6) is 0 Å². The van der Waals surface area contributed by atoms with Crippen LogP contribution in [0.1, 0.15) is 30.2 Å². The van der Waals surface area contributed by atoms with E-state index in [-0.39, 0.29) is 0 Å². The molecule has 0 radical (unpaired) electrons. The smallest absolute Gasteiger partial charge is 0.0925 e. The van der Waals surface area contributed by atoms with E-state index in [9.17, 15) is 0 Å². The maximum atomic E-state index is 4.30. The second kappa shape index (κ2) is 6.58. The fourth-order valence-electron chi connectivity index (χ4n) is 1.08. The summed E-state index contributed by atoms with van der Waals surface area (Å²) in [5, 5.41) is 4.56. The molecule has 1 N–H and O–H groups in total. The summed E-state index contributed by atoms with van der Waals surface area (Å²) in [6.45, 7) is 5.88. The molecule has 0 aromatic carbocycles. The fraction of sp³-hybridized carbons (Fsp3) is 0.545. The third-order valence-corrected chi connectivity index (χ3v) is 2.95. The Kier molecular flexibility index (Phi) is 5.28. The van der Waals surface area contributed by atoms with E-state index >= 15 is 0 Å². The molecule has 1 aromatic heterocycles. The average molecular weight is 208 g/mol. The van der Waals surface area contributed by atoms with E-state index in [1.165, 1.54) is 9.88 Å². The van der Waals surface area contributed by atoms with Crippen LogP contribution in [-0.4, -0.2) is 11.5 Å². The molecule has 1 heterocycles. The van der Waals surface area contributed by atoms with Crippen LogP contribution in [0.3, 0.4) is 0 Å². The molecule has 1 rings (SSSR count). The molecule has 0 amide bonds. The maximum absolute atomic E-state index is 4.30. The lowest BCUT2D eigenvalue weighted by atomic mass is 10.4. The van der Waals surface area contributed by atoms with Gasteiger partial charge >= 0.3 is 0 Å². The van der Waals surface area contributed by atoms with Crippen LogP contribution in [0.4, 0.5) is 0 Å². The molecule has 0 aliphatic carbocycles. The molecule has 0 aliphatic rings. The van der Waals surface area contributed by atoms with Gasteiger partial charge < -0.3 is 5.32 Å². The lowest BCUT2D eigenvalue weighted by Gasteiger charge is -1.97. The summed E-state index contributed by atoms with van der Waals surface area (Å²) >= 11 is 1.79. The zero-order chi connectivity index (χ0) is 10.2. The van der Waals surface area contributed by atoms with E-state index < -0.39 is 0 Å². The largest absolute Gasteiger partial charge is 0.311 e. The SMILES string of the molecule is CC#CCCNCc1cnc(CC)s1. The number of hydrogen-bond donors (Lipinski definition) is 1. The first-order chi connectivity index (χ1) is 6.86. The molecule has 1 aromatic rings. The number of hydrogen-bond acceptors (Lipinski definition) is 3. The van der Waals surface area contributed by atoms with Crippen LogP contribution in [0.2, 0.25) is 0 Å². The Balaban J connectivity index is 2.20. The molecule has 0 aliphatic heterocycles. The molecule has 0 unspecified atom stereocenters. The van der Waals surface area contributed by atoms with Crippen molar-refractivity contribution in [3.05, 3.63) is 16.1 Å². The van der Waals surface area contributed by atoms with Gasteiger partial charge in [0.25, 0.3) is 0 Å². The topological polar surface area (TPSA) is 24.9 Å².